The van der Waals surface area contributed by atoms with Crippen molar-refractivity contribution < 1.29 is 15.0 Å². The molecular weight excluding hydrogens is 264 g/mol. The third-order valence-corrected chi connectivity index (χ3v) is 3.61. The number of carboxylic acid groups (broad SMARTS) is 1. The lowest BCUT2D eigenvalue weighted by Crippen LogP contribution is -2.11. The number of aromatic carboxylic acids is 1. The van der Waals surface area contributed by atoms with Crippen LogP contribution in [-0.2, 0) is 5.41 Å². The van der Waals surface area contributed by atoms with Crippen molar-refractivity contribution in [2.24, 2.45) is 0 Å². The minimum atomic E-state index is -0.996. The van der Waals surface area contributed by atoms with Crippen LogP contribution >= 0.6 is 0 Å². The zero-order valence-electron chi connectivity index (χ0n) is 12.8. The van der Waals surface area contributed by atoms with Gasteiger partial charge in [0.05, 0.1) is 5.56 Å². The zero-order valence-corrected chi connectivity index (χ0v) is 12.8. The van der Waals surface area contributed by atoms with Gasteiger partial charge in [-0.25, -0.2) is 4.79 Å². The fourth-order valence-corrected chi connectivity index (χ4v) is 2.32. The molecule has 0 unspecified atom stereocenters. The number of aryl methyl sites for hydroxylation is 1. The van der Waals surface area contributed by atoms with E-state index in [1.807, 2.05) is 19.1 Å². The maximum Gasteiger partial charge on any atom is 0.336 e. The van der Waals surface area contributed by atoms with Gasteiger partial charge in [0.15, 0.2) is 0 Å². The summed E-state index contributed by atoms with van der Waals surface area (Å²) in [6.45, 7) is 8.10. The average Bonchev–Trinajstić information content (AvgIpc) is 2.40. The van der Waals surface area contributed by atoms with E-state index in [0.717, 1.165) is 11.1 Å². The summed E-state index contributed by atoms with van der Waals surface area (Å²) in [5.41, 5.74) is 3.03. The molecule has 0 saturated heterocycles. The van der Waals surface area contributed by atoms with Gasteiger partial charge in [-0.05, 0) is 41.2 Å². The Balaban J connectivity index is 2.75. The molecule has 0 fully saturated rings. The van der Waals surface area contributed by atoms with Crippen molar-refractivity contribution in [3.63, 3.8) is 0 Å². The van der Waals surface area contributed by atoms with Gasteiger partial charge < -0.3 is 10.2 Å². The maximum absolute atomic E-state index is 11.4. The van der Waals surface area contributed by atoms with Gasteiger partial charge in [0, 0.05) is 5.56 Å². The van der Waals surface area contributed by atoms with E-state index in [4.69, 9.17) is 0 Å². The highest BCUT2D eigenvalue weighted by molar-refractivity contribution is 5.97. The molecule has 3 nitrogen and oxygen atoms in total. The topological polar surface area (TPSA) is 57.5 Å². The fraction of sp³-hybridized carbons (Fsp3) is 0.278. The van der Waals surface area contributed by atoms with Gasteiger partial charge in [-0.15, -0.1) is 0 Å². The summed E-state index contributed by atoms with van der Waals surface area (Å²) in [6.07, 6.45) is 0. The summed E-state index contributed by atoms with van der Waals surface area (Å²) < 4.78 is 0. The summed E-state index contributed by atoms with van der Waals surface area (Å²) in [7, 11) is 0. The number of carbonyl (C=O) groups is 1. The van der Waals surface area contributed by atoms with Crippen molar-refractivity contribution in [2.75, 3.05) is 0 Å². The summed E-state index contributed by atoms with van der Waals surface area (Å²) in [5, 5.41) is 19.7. The Morgan fingerprint density at radius 1 is 1.05 bits per heavy atom. The van der Waals surface area contributed by atoms with E-state index in [9.17, 15) is 15.0 Å². The summed E-state index contributed by atoms with van der Waals surface area (Å²) >= 11 is 0. The summed E-state index contributed by atoms with van der Waals surface area (Å²) in [6, 6.07) is 10.6. The van der Waals surface area contributed by atoms with Crippen molar-refractivity contribution in [3.05, 3.63) is 53.1 Å². The first-order valence-corrected chi connectivity index (χ1v) is 6.88. The van der Waals surface area contributed by atoms with Crippen molar-refractivity contribution >= 4 is 5.97 Å². The molecule has 0 radical (unpaired) electrons. The molecule has 0 aromatic heterocycles. The molecule has 2 aromatic carbocycles. The Kier molecular flexibility index (Phi) is 3.77. The SMILES string of the molecule is Cc1cc(C(C)(C)C)cc(-c2ccccc2C(=O)O)c1O. The number of hydrogen-bond donors (Lipinski definition) is 2. The molecule has 0 atom stereocenters. The second-order valence-corrected chi connectivity index (χ2v) is 6.29. The molecule has 0 aliphatic carbocycles. The number of aromatic hydroxyl groups is 1. The van der Waals surface area contributed by atoms with E-state index in [2.05, 4.69) is 20.8 Å². The van der Waals surface area contributed by atoms with E-state index < -0.39 is 5.97 Å². The Bertz CT molecular complexity index is 694. The van der Waals surface area contributed by atoms with E-state index in [1.54, 1.807) is 24.3 Å². The fourth-order valence-electron chi connectivity index (χ4n) is 2.32. The summed E-state index contributed by atoms with van der Waals surface area (Å²) in [4.78, 5) is 11.4. The van der Waals surface area contributed by atoms with Crippen LogP contribution in [-0.4, -0.2) is 16.2 Å². The molecular formula is C18H20O3. The Labute approximate surface area is 124 Å². The minimum Gasteiger partial charge on any atom is -0.507 e. The molecule has 21 heavy (non-hydrogen) atoms. The van der Waals surface area contributed by atoms with Crippen LogP contribution in [0.3, 0.4) is 0 Å². The molecule has 110 valence electrons. The third kappa shape index (κ3) is 2.92. The first-order valence-electron chi connectivity index (χ1n) is 6.88. The van der Waals surface area contributed by atoms with Crippen LogP contribution in [0.1, 0.15) is 42.3 Å². The van der Waals surface area contributed by atoms with E-state index in [-0.39, 0.29) is 16.7 Å². The summed E-state index contributed by atoms with van der Waals surface area (Å²) in [5.74, 6) is -0.861. The van der Waals surface area contributed by atoms with Crippen LogP contribution in [0.5, 0.6) is 5.75 Å². The molecule has 0 bridgehead atoms. The second-order valence-electron chi connectivity index (χ2n) is 6.29. The largest absolute Gasteiger partial charge is 0.507 e. The highest BCUT2D eigenvalue weighted by Crippen LogP contribution is 2.38. The van der Waals surface area contributed by atoms with Crippen LogP contribution in [0.25, 0.3) is 11.1 Å². The lowest BCUT2D eigenvalue weighted by atomic mass is 9.83. The van der Waals surface area contributed by atoms with Gasteiger partial charge in [-0.1, -0.05) is 45.0 Å². The lowest BCUT2D eigenvalue weighted by Gasteiger charge is -2.22. The number of benzene rings is 2. The van der Waals surface area contributed by atoms with Gasteiger partial charge in [-0.3, -0.25) is 0 Å². The number of phenols is 1. The van der Waals surface area contributed by atoms with Gasteiger partial charge in [-0.2, -0.15) is 0 Å². The van der Waals surface area contributed by atoms with Gasteiger partial charge >= 0.3 is 5.97 Å². The molecule has 0 spiro atoms. The highest BCUT2D eigenvalue weighted by Gasteiger charge is 2.20. The number of rotatable bonds is 2. The molecule has 2 aromatic rings. The first-order chi connectivity index (χ1) is 9.71. The first kappa shape index (κ1) is 15.1. The van der Waals surface area contributed by atoms with Crippen LogP contribution in [0.15, 0.2) is 36.4 Å². The average molecular weight is 284 g/mol. The molecule has 2 rings (SSSR count). The standard InChI is InChI=1S/C18H20O3/c1-11-9-12(18(2,3)4)10-15(16(11)19)13-7-5-6-8-14(13)17(20)21/h5-10,19H,1-4H3,(H,20,21). The Morgan fingerprint density at radius 2 is 1.67 bits per heavy atom. The van der Waals surface area contributed by atoms with Crippen molar-refractivity contribution in [3.8, 4) is 16.9 Å². The van der Waals surface area contributed by atoms with E-state index in [0.29, 0.717) is 11.1 Å². The minimum absolute atomic E-state index is 0.0780. The number of carboxylic acids is 1. The predicted octanol–water partition coefficient (Wildman–Crippen LogP) is 4.36. The Hall–Kier alpha value is -2.29. The highest BCUT2D eigenvalue weighted by atomic mass is 16.4. The lowest BCUT2D eigenvalue weighted by molar-refractivity contribution is 0.0697. The quantitative estimate of drug-likeness (QED) is 0.861. The predicted molar refractivity (Wildman–Crippen MR) is 83.9 cm³/mol. The van der Waals surface area contributed by atoms with E-state index >= 15 is 0 Å². The molecule has 3 heteroatoms. The van der Waals surface area contributed by atoms with Crippen LogP contribution < -0.4 is 0 Å². The third-order valence-electron chi connectivity index (χ3n) is 3.61. The second kappa shape index (κ2) is 5.24. The van der Waals surface area contributed by atoms with Crippen molar-refractivity contribution in [1.82, 2.24) is 0 Å². The van der Waals surface area contributed by atoms with Crippen LogP contribution in [0.2, 0.25) is 0 Å². The van der Waals surface area contributed by atoms with Crippen molar-refractivity contribution in [2.45, 2.75) is 33.1 Å². The number of phenolic OH excluding ortho intramolecular Hbond substituents is 1. The van der Waals surface area contributed by atoms with Gasteiger partial charge in [0.2, 0.25) is 0 Å². The molecule has 0 aliphatic heterocycles. The molecule has 0 aliphatic rings. The number of hydrogen-bond acceptors (Lipinski definition) is 2. The van der Waals surface area contributed by atoms with Crippen LogP contribution in [0.4, 0.5) is 0 Å². The maximum atomic E-state index is 11.4. The molecule has 0 heterocycles. The van der Waals surface area contributed by atoms with E-state index in [1.165, 1.54) is 0 Å². The molecule has 0 amide bonds. The van der Waals surface area contributed by atoms with Crippen molar-refractivity contribution in [1.29, 1.82) is 0 Å². The monoisotopic (exact) mass is 284 g/mol. The van der Waals surface area contributed by atoms with Gasteiger partial charge in [0.1, 0.15) is 5.75 Å². The van der Waals surface area contributed by atoms with Crippen LogP contribution in [0, 0.1) is 6.92 Å². The zero-order chi connectivity index (χ0) is 15.8. The molecule has 0 saturated carbocycles. The smallest absolute Gasteiger partial charge is 0.336 e. The Morgan fingerprint density at radius 3 is 2.24 bits per heavy atom. The molecule has 2 N–H and O–H groups in total. The van der Waals surface area contributed by atoms with Gasteiger partial charge in [0.25, 0.3) is 0 Å². The normalized spacial score (nSPS) is 11.4.